The third-order valence-electron chi connectivity index (χ3n) is 4.14. The van der Waals surface area contributed by atoms with Crippen LogP contribution >= 0.6 is 0 Å². The molecule has 1 aliphatic heterocycles. The van der Waals surface area contributed by atoms with E-state index in [1.54, 1.807) is 12.1 Å². The van der Waals surface area contributed by atoms with Gasteiger partial charge in [-0.15, -0.1) is 0 Å². The largest absolute Gasteiger partial charge is 0.326 e. The van der Waals surface area contributed by atoms with Gasteiger partial charge in [-0.2, -0.15) is 8.42 Å². The summed E-state index contributed by atoms with van der Waals surface area (Å²) in [5, 5.41) is 8.05. The maximum atomic E-state index is 12.2. The summed E-state index contributed by atoms with van der Waals surface area (Å²) in [5.41, 5.74) is 4.01. The van der Waals surface area contributed by atoms with Gasteiger partial charge in [-0.3, -0.25) is 9.10 Å². The molecule has 0 saturated heterocycles. The molecule has 0 unspecified atom stereocenters. The molecule has 3 N–H and O–H groups in total. The molecule has 1 amide bonds. The van der Waals surface area contributed by atoms with Gasteiger partial charge in [0, 0.05) is 12.2 Å². The van der Waals surface area contributed by atoms with E-state index >= 15 is 0 Å². The van der Waals surface area contributed by atoms with Crippen LogP contribution < -0.4 is 14.8 Å². The van der Waals surface area contributed by atoms with Gasteiger partial charge in [-0.05, 0) is 42.2 Å². The lowest BCUT2D eigenvalue weighted by atomic mass is 10.1. The second-order valence-corrected chi connectivity index (χ2v) is 7.33. The number of hydrogen-bond acceptors (Lipinski definition) is 3. The first kappa shape index (κ1) is 16.5. The molecule has 1 aliphatic rings. The van der Waals surface area contributed by atoms with E-state index < -0.39 is 10.2 Å². The number of anilines is 2. The molecule has 0 fully saturated rings. The molecule has 0 atom stereocenters. The van der Waals surface area contributed by atoms with Crippen molar-refractivity contribution in [2.45, 2.75) is 19.8 Å². The van der Waals surface area contributed by atoms with Crippen molar-refractivity contribution in [2.24, 2.45) is 5.14 Å². The van der Waals surface area contributed by atoms with E-state index in [0.717, 1.165) is 16.7 Å². The van der Waals surface area contributed by atoms with Crippen LogP contribution in [0.2, 0.25) is 0 Å². The van der Waals surface area contributed by atoms with Gasteiger partial charge in [0.1, 0.15) is 0 Å². The molecule has 6 nitrogen and oxygen atoms in total. The minimum absolute atomic E-state index is 0.149. The zero-order valence-corrected chi connectivity index (χ0v) is 14.1. The van der Waals surface area contributed by atoms with E-state index in [1.807, 2.05) is 37.3 Å². The number of nitrogens with one attached hydrogen (secondary N) is 1. The van der Waals surface area contributed by atoms with Crippen LogP contribution in [-0.4, -0.2) is 20.9 Å². The maximum absolute atomic E-state index is 12.2. The fourth-order valence-electron chi connectivity index (χ4n) is 2.88. The van der Waals surface area contributed by atoms with Crippen LogP contribution in [0.4, 0.5) is 11.4 Å². The van der Waals surface area contributed by atoms with Gasteiger partial charge in [0.05, 0.1) is 12.1 Å². The first-order valence-electron chi connectivity index (χ1n) is 7.62. The van der Waals surface area contributed by atoms with Gasteiger partial charge in [0.15, 0.2) is 0 Å². The molecule has 0 spiro atoms. The number of rotatable bonds is 4. The number of carbonyl (C=O) groups is 1. The molecule has 3 rings (SSSR count). The van der Waals surface area contributed by atoms with E-state index in [1.165, 1.54) is 4.31 Å². The first-order valence-corrected chi connectivity index (χ1v) is 9.12. The van der Waals surface area contributed by atoms with E-state index in [2.05, 4.69) is 5.32 Å². The van der Waals surface area contributed by atoms with Crippen LogP contribution in [-0.2, 0) is 27.8 Å². The lowest BCUT2D eigenvalue weighted by Crippen LogP contribution is -2.35. The minimum Gasteiger partial charge on any atom is -0.326 e. The molecule has 0 saturated carbocycles. The van der Waals surface area contributed by atoms with Crippen molar-refractivity contribution in [3.63, 3.8) is 0 Å². The van der Waals surface area contributed by atoms with Crippen LogP contribution in [0.25, 0.3) is 0 Å². The van der Waals surface area contributed by atoms with Crippen molar-refractivity contribution in [3.05, 3.63) is 59.2 Å². The Morgan fingerprint density at radius 2 is 2.00 bits per heavy atom. The number of carbonyl (C=O) groups excluding carboxylic acids is 1. The standard InChI is InChI=1S/C17H19N3O3S/c1-12-4-2-3-5-14(12)10-17(21)19-15-7-6-13-8-9-20(16(13)11-15)24(18,22)23/h2-7,11H,8-10H2,1H3,(H,19,21)(H2,18,22,23). The molecule has 24 heavy (non-hydrogen) atoms. The fraction of sp³-hybridized carbons (Fsp3) is 0.235. The highest BCUT2D eigenvalue weighted by Gasteiger charge is 2.26. The third kappa shape index (κ3) is 3.42. The van der Waals surface area contributed by atoms with Crippen LogP contribution in [0.15, 0.2) is 42.5 Å². The van der Waals surface area contributed by atoms with Gasteiger partial charge >= 0.3 is 0 Å². The normalized spacial score (nSPS) is 13.7. The molecule has 1 heterocycles. The number of benzene rings is 2. The highest BCUT2D eigenvalue weighted by atomic mass is 32.2. The maximum Gasteiger partial charge on any atom is 0.299 e. The second-order valence-electron chi connectivity index (χ2n) is 5.86. The van der Waals surface area contributed by atoms with Crippen LogP contribution in [0.5, 0.6) is 0 Å². The van der Waals surface area contributed by atoms with Gasteiger partial charge in [-0.1, -0.05) is 30.3 Å². The monoisotopic (exact) mass is 345 g/mol. The topological polar surface area (TPSA) is 92.5 Å². The molecular formula is C17H19N3O3S. The van der Waals surface area contributed by atoms with Crippen LogP contribution in [0.1, 0.15) is 16.7 Å². The fourth-order valence-corrected chi connectivity index (χ4v) is 3.67. The average molecular weight is 345 g/mol. The predicted molar refractivity (Wildman–Crippen MR) is 94.1 cm³/mol. The quantitative estimate of drug-likeness (QED) is 0.884. The zero-order chi connectivity index (χ0) is 17.3. The lowest BCUT2D eigenvalue weighted by molar-refractivity contribution is -0.115. The van der Waals surface area contributed by atoms with Gasteiger partial charge in [0.2, 0.25) is 5.91 Å². The Morgan fingerprint density at radius 3 is 2.71 bits per heavy atom. The Kier molecular flexibility index (Phi) is 4.29. The predicted octanol–water partition coefficient (Wildman–Crippen LogP) is 1.74. The Morgan fingerprint density at radius 1 is 1.25 bits per heavy atom. The molecule has 2 aromatic rings. The summed E-state index contributed by atoms with van der Waals surface area (Å²) in [6, 6.07) is 13.0. The number of fused-ring (bicyclic) bond motifs is 1. The summed E-state index contributed by atoms with van der Waals surface area (Å²) in [6.45, 7) is 2.29. The van der Waals surface area contributed by atoms with Crippen molar-refractivity contribution < 1.29 is 13.2 Å². The number of nitrogens with zero attached hydrogens (tertiary/aromatic N) is 1. The highest BCUT2D eigenvalue weighted by Crippen LogP contribution is 2.32. The molecule has 126 valence electrons. The van der Waals surface area contributed by atoms with Crippen molar-refractivity contribution in [2.75, 3.05) is 16.2 Å². The first-order chi connectivity index (χ1) is 11.3. The number of aryl methyl sites for hydroxylation is 1. The van der Waals surface area contributed by atoms with Crippen LogP contribution in [0, 0.1) is 6.92 Å². The smallest absolute Gasteiger partial charge is 0.299 e. The summed E-state index contributed by atoms with van der Waals surface area (Å²) in [6.07, 6.45) is 0.881. The Bertz CT molecular complexity index is 894. The summed E-state index contributed by atoms with van der Waals surface area (Å²) >= 11 is 0. The minimum atomic E-state index is -3.79. The molecule has 0 aliphatic carbocycles. The Balaban J connectivity index is 1.77. The zero-order valence-electron chi connectivity index (χ0n) is 13.3. The number of hydrogen-bond donors (Lipinski definition) is 2. The number of amides is 1. The number of nitrogens with two attached hydrogens (primary N) is 1. The van der Waals surface area contributed by atoms with Crippen molar-refractivity contribution >= 4 is 27.5 Å². The summed E-state index contributed by atoms with van der Waals surface area (Å²) in [7, 11) is -3.79. The Labute approximate surface area is 141 Å². The summed E-state index contributed by atoms with van der Waals surface area (Å²) in [5.74, 6) is -0.149. The van der Waals surface area contributed by atoms with E-state index in [9.17, 15) is 13.2 Å². The van der Waals surface area contributed by atoms with Crippen molar-refractivity contribution in [1.29, 1.82) is 0 Å². The summed E-state index contributed by atoms with van der Waals surface area (Å²) in [4.78, 5) is 12.2. The molecule has 2 aromatic carbocycles. The van der Waals surface area contributed by atoms with Crippen molar-refractivity contribution in [1.82, 2.24) is 0 Å². The van der Waals surface area contributed by atoms with Gasteiger partial charge in [-0.25, -0.2) is 5.14 Å². The highest BCUT2D eigenvalue weighted by molar-refractivity contribution is 7.90. The lowest BCUT2D eigenvalue weighted by Gasteiger charge is -2.16. The second kappa shape index (κ2) is 6.26. The molecule has 7 heteroatoms. The van der Waals surface area contributed by atoms with Crippen molar-refractivity contribution in [3.8, 4) is 0 Å². The molecule has 0 aromatic heterocycles. The Hall–Kier alpha value is -2.38. The molecular weight excluding hydrogens is 326 g/mol. The molecule has 0 bridgehead atoms. The van der Waals surface area contributed by atoms with Gasteiger partial charge in [0.25, 0.3) is 10.2 Å². The third-order valence-corrected chi connectivity index (χ3v) is 5.14. The van der Waals surface area contributed by atoms with Gasteiger partial charge < -0.3 is 5.32 Å². The summed E-state index contributed by atoms with van der Waals surface area (Å²) < 4.78 is 24.4. The SMILES string of the molecule is Cc1ccccc1CC(=O)Nc1ccc2c(c1)N(S(N)(=O)=O)CC2. The average Bonchev–Trinajstić information content (AvgIpc) is 2.93. The van der Waals surface area contributed by atoms with E-state index in [4.69, 9.17) is 5.14 Å². The van der Waals surface area contributed by atoms with E-state index in [0.29, 0.717) is 24.3 Å². The van der Waals surface area contributed by atoms with E-state index in [-0.39, 0.29) is 12.3 Å². The molecule has 0 radical (unpaired) electrons. The van der Waals surface area contributed by atoms with Crippen LogP contribution in [0.3, 0.4) is 0 Å².